The quantitative estimate of drug-likeness (QED) is 0.432. The molecule has 1 heterocycles. The van der Waals surface area contributed by atoms with E-state index in [1.54, 1.807) is 6.92 Å². The maximum atomic E-state index is 10.7. The van der Waals surface area contributed by atoms with Gasteiger partial charge in [0, 0.05) is 17.7 Å². The molecule has 1 fully saturated rings. The summed E-state index contributed by atoms with van der Waals surface area (Å²) < 4.78 is 13.8. The first-order valence-corrected chi connectivity index (χ1v) is 7.27. The summed E-state index contributed by atoms with van der Waals surface area (Å²) in [4.78, 5) is 29.8. The van der Waals surface area contributed by atoms with Crippen LogP contribution in [0.25, 0.3) is 0 Å². The molecule has 7 nitrogen and oxygen atoms in total. The Balaban J connectivity index is -0.000000280. The standard InChI is InChI=1S/C7H10O3.C4H6O2.C3H4O2.C2H2Cl2/c1-5(2)7(8)10-4-6-3-9-6;1-3-4(5)6-2;1-2-3(4)5;1-2(3)4/h6H,1,3-4H2,2H3;3H,1H2,2H3;2H,1H2,(H,4,5);1H2. The van der Waals surface area contributed by atoms with E-state index in [1.165, 1.54) is 7.11 Å². The molecule has 0 aromatic heterocycles. The van der Waals surface area contributed by atoms with Crippen LogP contribution in [-0.4, -0.2) is 49.4 Å². The molecule has 25 heavy (non-hydrogen) atoms. The van der Waals surface area contributed by atoms with Crippen LogP contribution in [0.4, 0.5) is 0 Å². The number of halogens is 2. The van der Waals surface area contributed by atoms with Gasteiger partial charge in [0.25, 0.3) is 0 Å². The van der Waals surface area contributed by atoms with Crippen molar-refractivity contribution >= 4 is 41.1 Å². The predicted molar refractivity (Wildman–Crippen MR) is 96.4 cm³/mol. The van der Waals surface area contributed by atoms with Crippen molar-refractivity contribution in [3.05, 3.63) is 48.5 Å². The molecule has 9 heteroatoms. The SMILES string of the molecule is C=C(C)C(=O)OCC1CO1.C=C(Cl)Cl.C=CC(=O)O.C=CC(=O)OC. The summed E-state index contributed by atoms with van der Waals surface area (Å²) in [6.07, 6.45) is 2.09. The van der Waals surface area contributed by atoms with Gasteiger partial charge in [0.05, 0.1) is 18.2 Å². The zero-order chi connectivity index (χ0) is 20.4. The van der Waals surface area contributed by atoms with Gasteiger partial charge in [-0.3, -0.25) is 0 Å². The van der Waals surface area contributed by atoms with Crippen molar-refractivity contribution in [2.45, 2.75) is 13.0 Å². The number of carbonyl (C=O) groups is 3. The summed E-state index contributed by atoms with van der Waals surface area (Å²) in [6, 6.07) is 0. The molecule has 1 unspecified atom stereocenters. The molecule has 0 spiro atoms. The first-order valence-electron chi connectivity index (χ1n) is 6.51. The third-order valence-electron chi connectivity index (χ3n) is 1.69. The number of hydrogen-bond acceptors (Lipinski definition) is 6. The molecule has 0 aromatic carbocycles. The van der Waals surface area contributed by atoms with Crippen LogP contribution < -0.4 is 0 Å². The Morgan fingerprint density at radius 3 is 1.80 bits per heavy atom. The average Bonchev–Trinajstić information content (AvgIpc) is 3.36. The Labute approximate surface area is 157 Å². The van der Waals surface area contributed by atoms with E-state index in [0.29, 0.717) is 18.8 Å². The van der Waals surface area contributed by atoms with Crippen LogP contribution in [0.5, 0.6) is 0 Å². The van der Waals surface area contributed by atoms with Gasteiger partial charge in [-0.15, -0.1) is 0 Å². The smallest absolute Gasteiger partial charge is 0.333 e. The van der Waals surface area contributed by atoms with Crippen molar-refractivity contribution in [3.63, 3.8) is 0 Å². The number of methoxy groups -OCH3 is 1. The lowest BCUT2D eigenvalue weighted by atomic mass is 10.4. The number of carbonyl (C=O) groups excluding carboxylic acids is 2. The van der Waals surface area contributed by atoms with Gasteiger partial charge in [0.2, 0.25) is 0 Å². The number of ether oxygens (including phenoxy) is 3. The third-order valence-corrected chi connectivity index (χ3v) is 1.69. The van der Waals surface area contributed by atoms with Crippen molar-refractivity contribution in [1.29, 1.82) is 0 Å². The highest BCUT2D eigenvalue weighted by Crippen LogP contribution is 2.09. The minimum atomic E-state index is -0.981. The molecule has 1 aliphatic heterocycles. The fourth-order valence-corrected chi connectivity index (χ4v) is 0.539. The summed E-state index contributed by atoms with van der Waals surface area (Å²) in [6.45, 7) is 15.3. The molecule has 0 aliphatic carbocycles. The monoisotopic (exact) mass is 396 g/mol. The van der Waals surface area contributed by atoms with E-state index < -0.39 is 11.9 Å². The maximum absolute atomic E-state index is 10.7. The number of rotatable bonds is 5. The lowest BCUT2D eigenvalue weighted by molar-refractivity contribution is -0.139. The van der Waals surface area contributed by atoms with Crippen LogP contribution in [0.1, 0.15) is 6.92 Å². The first-order chi connectivity index (χ1) is 11.5. The van der Waals surface area contributed by atoms with E-state index in [1.807, 2.05) is 0 Å². The Bertz CT molecular complexity index is 479. The van der Waals surface area contributed by atoms with E-state index in [2.05, 4.69) is 31.1 Å². The van der Waals surface area contributed by atoms with E-state index in [9.17, 15) is 14.4 Å². The topological polar surface area (TPSA) is 102 Å². The summed E-state index contributed by atoms with van der Waals surface area (Å²) in [5.74, 6) is -1.71. The molecule has 1 atom stereocenters. The number of esters is 2. The number of carboxylic acid groups (broad SMARTS) is 1. The zero-order valence-electron chi connectivity index (χ0n) is 14.1. The molecule has 1 rings (SSSR count). The predicted octanol–water partition coefficient (Wildman–Crippen LogP) is 3.04. The molecule has 1 N–H and O–H groups in total. The summed E-state index contributed by atoms with van der Waals surface area (Å²) in [5.41, 5.74) is 0.431. The van der Waals surface area contributed by atoms with Gasteiger partial charge in [-0.25, -0.2) is 14.4 Å². The van der Waals surface area contributed by atoms with Crippen LogP contribution in [0, 0.1) is 0 Å². The minimum Gasteiger partial charge on any atom is -0.478 e. The van der Waals surface area contributed by atoms with Crippen LogP contribution in [-0.2, 0) is 28.6 Å². The lowest BCUT2D eigenvalue weighted by Gasteiger charge is -1.99. The van der Waals surface area contributed by atoms with E-state index in [4.69, 9.17) is 37.8 Å². The van der Waals surface area contributed by atoms with Crippen molar-refractivity contribution in [2.24, 2.45) is 0 Å². The molecule has 1 saturated heterocycles. The highest BCUT2D eigenvalue weighted by molar-refractivity contribution is 6.55. The van der Waals surface area contributed by atoms with Crippen molar-refractivity contribution in [1.82, 2.24) is 0 Å². The van der Waals surface area contributed by atoms with Gasteiger partial charge in [0.1, 0.15) is 12.7 Å². The van der Waals surface area contributed by atoms with Crippen molar-refractivity contribution in [3.8, 4) is 0 Å². The Morgan fingerprint density at radius 2 is 1.64 bits per heavy atom. The molecule has 0 saturated carbocycles. The molecule has 0 radical (unpaired) electrons. The van der Waals surface area contributed by atoms with E-state index >= 15 is 0 Å². The molecule has 0 amide bonds. The van der Waals surface area contributed by atoms with E-state index in [-0.39, 0.29) is 16.6 Å². The van der Waals surface area contributed by atoms with Gasteiger partial charge in [-0.1, -0.05) is 49.5 Å². The second-order valence-electron chi connectivity index (χ2n) is 3.94. The number of aliphatic carboxylic acids is 1. The minimum absolute atomic E-state index is 0.111. The number of epoxide rings is 1. The van der Waals surface area contributed by atoms with E-state index in [0.717, 1.165) is 12.2 Å². The average molecular weight is 397 g/mol. The number of carboxylic acids is 1. The van der Waals surface area contributed by atoms with Crippen LogP contribution in [0.15, 0.2) is 48.5 Å². The summed E-state index contributed by atoms with van der Waals surface area (Å²) in [7, 11) is 1.31. The van der Waals surface area contributed by atoms with Gasteiger partial charge >= 0.3 is 17.9 Å². The maximum Gasteiger partial charge on any atom is 0.333 e. The van der Waals surface area contributed by atoms with Crippen LogP contribution in [0.2, 0.25) is 0 Å². The third kappa shape index (κ3) is 34.3. The van der Waals surface area contributed by atoms with Gasteiger partial charge in [0.15, 0.2) is 0 Å². The van der Waals surface area contributed by atoms with Gasteiger partial charge in [-0.05, 0) is 6.92 Å². The van der Waals surface area contributed by atoms with Gasteiger partial charge < -0.3 is 19.3 Å². The second-order valence-corrected chi connectivity index (χ2v) is 5.05. The molecular formula is C16H22Cl2O7. The molecule has 0 aromatic rings. The molecule has 1 aliphatic rings. The van der Waals surface area contributed by atoms with Crippen LogP contribution in [0.3, 0.4) is 0 Å². The fraction of sp³-hybridized carbons (Fsp3) is 0.312. The Morgan fingerprint density at radius 1 is 1.24 bits per heavy atom. The Kier molecular flexibility index (Phi) is 20.3. The fourth-order valence-electron chi connectivity index (χ4n) is 0.539. The van der Waals surface area contributed by atoms with Gasteiger partial charge in [-0.2, -0.15) is 0 Å². The lowest BCUT2D eigenvalue weighted by Crippen LogP contribution is -2.09. The molecule has 142 valence electrons. The Hall–Kier alpha value is -2.09. The normalized spacial score (nSPS) is 12.7. The zero-order valence-corrected chi connectivity index (χ0v) is 15.6. The number of hydrogen-bond donors (Lipinski definition) is 1. The highest BCUT2D eigenvalue weighted by atomic mass is 35.5. The largest absolute Gasteiger partial charge is 0.478 e. The van der Waals surface area contributed by atoms with Crippen LogP contribution >= 0.6 is 23.2 Å². The first kappa shape index (κ1) is 27.7. The van der Waals surface area contributed by atoms with Crippen molar-refractivity contribution in [2.75, 3.05) is 20.3 Å². The van der Waals surface area contributed by atoms with Crippen molar-refractivity contribution < 1.29 is 33.7 Å². The summed E-state index contributed by atoms with van der Waals surface area (Å²) in [5, 5.41) is 7.60. The highest BCUT2D eigenvalue weighted by Gasteiger charge is 2.24. The second kappa shape index (κ2) is 18.3. The molecule has 0 bridgehead atoms. The summed E-state index contributed by atoms with van der Waals surface area (Å²) >= 11 is 9.69. The molecular weight excluding hydrogens is 375 g/mol.